The van der Waals surface area contributed by atoms with Crippen molar-refractivity contribution in [3.05, 3.63) is 29.8 Å². The summed E-state index contributed by atoms with van der Waals surface area (Å²) >= 11 is 0. The van der Waals surface area contributed by atoms with E-state index >= 15 is 0 Å². The summed E-state index contributed by atoms with van der Waals surface area (Å²) in [6.45, 7) is 7.14. The molecule has 0 saturated heterocycles. The normalized spacial score (nSPS) is 11.2. The minimum absolute atomic E-state index is 0.222. The number of nitrogens with one attached hydrogen (secondary N) is 1. The Morgan fingerprint density at radius 2 is 1.94 bits per heavy atom. The lowest BCUT2D eigenvalue weighted by Gasteiger charge is -2.15. The smallest absolute Gasteiger partial charge is 0.124 e. The van der Waals surface area contributed by atoms with Crippen LogP contribution in [0.15, 0.2) is 24.3 Å². The van der Waals surface area contributed by atoms with Crippen LogP contribution in [0.25, 0.3) is 0 Å². The van der Waals surface area contributed by atoms with Gasteiger partial charge >= 0.3 is 0 Å². The van der Waals surface area contributed by atoms with E-state index in [1.165, 1.54) is 12.0 Å². The highest BCUT2D eigenvalue weighted by molar-refractivity contribution is 5.33. The number of rotatable bonds is 8. The fourth-order valence-electron chi connectivity index (χ4n) is 1.76. The van der Waals surface area contributed by atoms with Crippen LogP contribution in [0.1, 0.15) is 25.8 Å². The summed E-state index contributed by atoms with van der Waals surface area (Å²) < 4.78 is 5.79. The minimum atomic E-state index is 0.222. The average Bonchev–Trinajstić information content (AvgIpc) is 2.29. The third-order valence-electron chi connectivity index (χ3n) is 2.61. The molecule has 1 aromatic carbocycles. The van der Waals surface area contributed by atoms with Gasteiger partial charge in [-0.25, -0.2) is 0 Å². The number of hydrogen-bond acceptors (Lipinski definition) is 3. The van der Waals surface area contributed by atoms with Crippen molar-refractivity contribution in [2.75, 3.05) is 27.2 Å². The van der Waals surface area contributed by atoms with Crippen LogP contribution in [-0.2, 0) is 6.54 Å². The molecule has 0 saturated carbocycles. The molecule has 18 heavy (non-hydrogen) atoms. The Morgan fingerprint density at radius 3 is 2.61 bits per heavy atom. The van der Waals surface area contributed by atoms with Crippen LogP contribution in [0, 0.1) is 0 Å². The molecule has 0 fully saturated rings. The van der Waals surface area contributed by atoms with Crippen LogP contribution >= 0.6 is 0 Å². The first-order valence-electron chi connectivity index (χ1n) is 6.69. The van der Waals surface area contributed by atoms with E-state index in [4.69, 9.17) is 4.74 Å². The molecule has 0 radical (unpaired) electrons. The molecule has 0 aliphatic heterocycles. The molecule has 1 rings (SSSR count). The summed E-state index contributed by atoms with van der Waals surface area (Å²) in [5, 5.41) is 3.46. The quantitative estimate of drug-likeness (QED) is 0.718. The van der Waals surface area contributed by atoms with Crippen molar-refractivity contribution in [1.29, 1.82) is 0 Å². The fourth-order valence-corrected chi connectivity index (χ4v) is 1.76. The molecular formula is C15H26N2O. The number of hydrogen-bond donors (Lipinski definition) is 1. The van der Waals surface area contributed by atoms with Gasteiger partial charge in [0.1, 0.15) is 5.75 Å². The van der Waals surface area contributed by atoms with Gasteiger partial charge in [0, 0.05) is 12.1 Å². The number of benzene rings is 1. The van der Waals surface area contributed by atoms with Gasteiger partial charge in [0.05, 0.1) is 6.10 Å². The van der Waals surface area contributed by atoms with Crippen molar-refractivity contribution in [3.8, 4) is 5.75 Å². The standard InChI is InChI=1S/C15H26N2O/c1-13(2)18-15-9-6-5-8-14(15)12-16-10-7-11-17(3)4/h5-6,8-9,13,16H,7,10-12H2,1-4H3. The average molecular weight is 250 g/mol. The molecule has 1 N–H and O–H groups in total. The maximum atomic E-state index is 5.79. The molecule has 0 bridgehead atoms. The second-order valence-corrected chi connectivity index (χ2v) is 5.11. The van der Waals surface area contributed by atoms with Crippen LogP contribution in [0.5, 0.6) is 5.75 Å². The largest absolute Gasteiger partial charge is 0.491 e. The highest BCUT2D eigenvalue weighted by Crippen LogP contribution is 2.18. The topological polar surface area (TPSA) is 24.5 Å². The van der Waals surface area contributed by atoms with Crippen LogP contribution in [0.2, 0.25) is 0 Å². The maximum Gasteiger partial charge on any atom is 0.124 e. The second-order valence-electron chi connectivity index (χ2n) is 5.11. The van der Waals surface area contributed by atoms with Crippen molar-refractivity contribution in [1.82, 2.24) is 10.2 Å². The molecule has 102 valence electrons. The van der Waals surface area contributed by atoms with E-state index in [0.29, 0.717) is 0 Å². The fraction of sp³-hybridized carbons (Fsp3) is 0.600. The van der Waals surface area contributed by atoms with E-state index in [9.17, 15) is 0 Å². The van der Waals surface area contributed by atoms with E-state index in [0.717, 1.165) is 25.4 Å². The molecule has 0 amide bonds. The van der Waals surface area contributed by atoms with Crippen LogP contribution in [0.3, 0.4) is 0 Å². The SMILES string of the molecule is CC(C)Oc1ccccc1CNCCCN(C)C. The molecular weight excluding hydrogens is 224 g/mol. The lowest BCUT2D eigenvalue weighted by Crippen LogP contribution is -2.21. The minimum Gasteiger partial charge on any atom is -0.491 e. The Labute approximate surface area is 111 Å². The second kappa shape index (κ2) is 8.11. The first-order chi connectivity index (χ1) is 8.59. The zero-order chi connectivity index (χ0) is 13.4. The Balaban J connectivity index is 2.37. The van der Waals surface area contributed by atoms with Crippen molar-refractivity contribution >= 4 is 0 Å². The van der Waals surface area contributed by atoms with Gasteiger partial charge < -0.3 is 15.0 Å². The van der Waals surface area contributed by atoms with Crippen molar-refractivity contribution in [2.24, 2.45) is 0 Å². The van der Waals surface area contributed by atoms with E-state index in [1.807, 2.05) is 12.1 Å². The highest BCUT2D eigenvalue weighted by Gasteiger charge is 2.04. The van der Waals surface area contributed by atoms with Crippen molar-refractivity contribution < 1.29 is 4.74 Å². The monoisotopic (exact) mass is 250 g/mol. The molecule has 1 aromatic rings. The lowest BCUT2D eigenvalue weighted by atomic mass is 10.2. The summed E-state index contributed by atoms with van der Waals surface area (Å²) in [6, 6.07) is 8.24. The van der Waals surface area contributed by atoms with Gasteiger partial charge in [0.25, 0.3) is 0 Å². The summed E-state index contributed by atoms with van der Waals surface area (Å²) in [6.07, 6.45) is 1.39. The van der Waals surface area contributed by atoms with E-state index in [-0.39, 0.29) is 6.10 Å². The first-order valence-corrected chi connectivity index (χ1v) is 6.69. The molecule has 0 heterocycles. The predicted molar refractivity (Wildman–Crippen MR) is 77.1 cm³/mol. The maximum absolute atomic E-state index is 5.79. The molecule has 0 aromatic heterocycles. The molecule has 3 nitrogen and oxygen atoms in total. The summed E-state index contributed by atoms with van der Waals surface area (Å²) in [5.74, 6) is 0.993. The van der Waals surface area contributed by atoms with Gasteiger partial charge in [0.2, 0.25) is 0 Å². The van der Waals surface area contributed by atoms with Crippen LogP contribution in [0.4, 0.5) is 0 Å². The van der Waals surface area contributed by atoms with Crippen molar-refractivity contribution in [3.63, 3.8) is 0 Å². The Morgan fingerprint density at radius 1 is 1.22 bits per heavy atom. The van der Waals surface area contributed by atoms with E-state index < -0.39 is 0 Å². The van der Waals surface area contributed by atoms with Gasteiger partial charge in [-0.2, -0.15) is 0 Å². The lowest BCUT2D eigenvalue weighted by molar-refractivity contribution is 0.239. The summed E-state index contributed by atoms with van der Waals surface area (Å²) in [5.41, 5.74) is 1.23. The molecule has 0 aliphatic rings. The van der Waals surface area contributed by atoms with Crippen molar-refractivity contribution in [2.45, 2.75) is 32.9 Å². The number of nitrogens with zero attached hydrogens (tertiary/aromatic N) is 1. The molecule has 0 atom stereocenters. The van der Waals surface area contributed by atoms with Gasteiger partial charge in [-0.1, -0.05) is 18.2 Å². The first kappa shape index (κ1) is 15.0. The zero-order valence-electron chi connectivity index (χ0n) is 12.1. The molecule has 0 aliphatic carbocycles. The molecule has 0 unspecified atom stereocenters. The van der Waals surface area contributed by atoms with Gasteiger partial charge in [-0.3, -0.25) is 0 Å². The van der Waals surface area contributed by atoms with E-state index in [1.54, 1.807) is 0 Å². The Kier molecular flexibility index (Phi) is 6.76. The zero-order valence-corrected chi connectivity index (χ0v) is 12.1. The Bertz CT molecular complexity index is 337. The number of para-hydroxylation sites is 1. The van der Waals surface area contributed by atoms with Gasteiger partial charge in [-0.05, 0) is 53.5 Å². The van der Waals surface area contributed by atoms with Crippen LogP contribution < -0.4 is 10.1 Å². The van der Waals surface area contributed by atoms with Crippen LogP contribution in [-0.4, -0.2) is 38.2 Å². The number of ether oxygens (including phenoxy) is 1. The predicted octanol–water partition coefficient (Wildman–Crippen LogP) is 2.52. The Hall–Kier alpha value is -1.06. The summed E-state index contributed by atoms with van der Waals surface area (Å²) in [4.78, 5) is 2.21. The molecule has 0 spiro atoms. The van der Waals surface area contributed by atoms with Gasteiger partial charge in [-0.15, -0.1) is 0 Å². The highest BCUT2D eigenvalue weighted by atomic mass is 16.5. The van der Waals surface area contributed by atoms with Gasteiger partial charge in [0.15, 0.2) is 0 Å². The third kappa shape index (κ3) is 6.03. The summed E-state index contributed by atoms with van der Waals surface area (Å²) in [7, 11) is 4.21. The third-order valence-corrected chi connectivity index (χ3v) is 2.61. The van der Waals surface area contributed by atoms with E-state index in [2.05, 4.69) is 50.3 Å². The molecule has 3 heteroatoms.